The molecule has 190 valence electrons. The largest absolute Gasteiger partial charge is 0.507 e. The molecule has 4 aromatic rings. The topological polar surface area (TPSA) is 79.5 Å². The molecule has 0 bridgehead atoms. The number of aromatic nitrogens is 2. The highest BCUT2D eigenvalue weighted by atomic mass is 35.5. The Morgan fingerprint density at radius 2 is 1.62 bits per heavy atom. The van der Waals surface area contributed by atoms with Crippen molar-refractivity contribution in [1.82, 2.24) is 15.2 Å². The first-order chi connectivity index (χ1) is 17.5. The molecule has 8 heteroatoms. The van der Waals surface area contributed by atoms with E-state index >= 15 is 0 Å². The van der Waals surface area contributed by atoms with Crippen LogP contribution in [0.2, 0.25) is 10.0 Å². The van der Waals surface area contributed by atoms with Gasteiger partial charge >= 0.3 is 0 Å². The number of amides is 1. The van der Waals surface area contributed by atoms with Gasteiger partial charge in [-0.3, -0.25) is 9.48 Å². The third kappa shape index (κ3) is 6.40. The Bertz CT molecular complexity index is 1450. The lowest BCUT2D eigenvalue weighted by Gasteiger charge is -2.19. The maximum absolute atomic E-state index is 13.2. The van der Waals surface area contributed by atoms with Crippen LogP contribution in [0.4, 0.5) is 0 Å². The van der Waals surface area contributed by atoms with Crippen LogP contribution in [0.1, 0.15) is 54.9 Å². The number of carbonyl (C=O) groups is 1. The van der Waals surface area contributed by atoms with Gasteiger partial charge in [0.25, 0.3) is 5.91 Å². The summed E-state index contributed by atoms with van der Waals surface area (Å²) in [6.07, 6.45) is 0. The molecule has 0 aliphatic carbocycles. The van der Waals surface area contributed by atoms with E-state index in [0.29, 0.717) is 39.3 Å². The number of aromatic hydroxyl groups is 1. The number of nitrogens with one attached hydrogen (secondary N) is 1. The van der Waals surface area contributed by atoms with E-state index in [9.17, 15) is 9.90 Å². The van der Waals surface area contributed by atoms with Gasteiger partial charge in [0.15, 0.2) is 0 Å². The number of hydrazone groups is 1. The van der Waals surface area contributed by atoms with E-state index < -0.39 is 5.91 Å². The summed E-state index contributed by atoms with van der Waals surface area (Å²) in [7, 11) is 0. The van der Waals surface area contributed by atoms with Crippen LogP contribution in [-0.4, -0.2) is 26.5 Å². The molecule has 1 aromatic heterocycles. The number of phenolic OH excluding ortho intramolecular Hbond substituents is 1. The van der Waals surface area contributed by atoms with E-state index in [2.05, 4.69) is 55.6 Å². The second-order valence-electron chi connectivity index (χ2n) is 9.83. The summed E-state index contributed by atoms with van der Waals surface area (Å²) in [5, 5.41) is 20.1. The minimum Gasteiger partial charge on any atom is -0.507 e. The molecule has 37 heavy (non-hydrogen) atoms. The minimum atomic E-state index is -0.431. The minimum absolute atomic E-state index is 0.0219. The zero-order valence-corrected chi connectivity index (χ0v) is 22.6. The average Bonchev–Trinajstić information content (AvgIpc) is 3.27. The Kier molecular flexibility index (Phi) is 7.71. The lowest BCUT2D eigenvalue weighted by Crippen LogP contribution is -2.23. The molecule has 0 radical (unpaired) electrons. The molecule has 1 heterocycles. The number of benzene rings is 3. The van der Waals surface area contributed by atoms with Gasteiger partial charge in [-0.25, -0.2) is 5.43 Å². The Labute approximate surface area is 226 Å². The molecular weight excluding hydrogens is 507 g/mol. The number of phenols is 1. The van der Waals surface area contributed by atoms with E-state index in [0.717, 1.165) is 11.1 Å². The van der Waals surface area contributed by atoms with Gasteiger partial charge < -0.3 is 5.11 Å². The van der Waals surface area contributed by atoms with Crippen LogP contribution in [0, 0.1) is 0 Å². The van der Waals surface area contributed by atoms with Gasteiger partial charge in [-0.15, -0.1) is 0 Å². The number of halogens is 2. The summed E-state index contributed by atoms with van der Waals surface area (Å²) in [6, 6.07) is 22.0. The molecule has 4 rings (SSSR count). The van der Waals surface area contributed by atoms with Crippen LogP contribution >= 0.6 is 23.2 Å². The van der Waals surface area contributed by atoms with Crippen molar-refractivity contribution in [2.75, 3.05) is 0 Å². The van der Waals surface area contributed by atoms with Crippen molar-refractivity contribution in [3.8, 4) is 17.0 Å². The molecule has 3 aromatic carbocycles. The quantitative estimate of drug-likeness (QED) is 0.205. The molecule has 0 unspecified atom stereocenters. The normalized spacial score (nSPS) is 12.0. The number of nitrogens with zero attached hydrogens (tertiary/aromatic N) is 3. The van der Waals surface area contributed by atoms with Crippen molar-refractivity contribution in [3.05, 3.63) is 105 Å². The van der Waals surface area contributed by atoms with E-state index in [1.165, 1.54) is 11.6 Å². The summed E-state index contributed by atoms with van der Waals surface area (Å²) in [4.78, 5) is 13.2. The monoisotopic (exact) mass is 534 g/mol. The lowest BCUT2D eigenvalue weighted by atomic mass is 9.87. The maximum atomic E-state index is 13.2. The van der Waals surface area contributed by atoms with Crippen LogP contribution in [0.15, 0.2) is 77.9 Å². The van der Waals surface area contributed by atoms with E-state index in [4.69, 9.17) is 28.3 Å². The second-order valence-corrected chi connectivity index (χ2v) is 10.7. The van der Waals surface area contributed by atoms with Crippen molar-refractivity contribution in [2.45, 2.75) is 39.7 Å². The van der Waals surface area contributed by atoms with Crippen molar-refractivity contribution in [1.29, 1.82) is 0 Å². The van der Waals surface area contributed by atoms with Gasteiger partial charge in [-0.1, -0.05) is 80.4 Å². The fourth-order valence-corrected chi connectivity index (χ4v) is 4.11. The molecule has 0 saturated carbocycles. The van der Waals surface area contributed by atoms with Crippen LogP contribution in [0.5, 0.6) is 5.75 Å². The highest BCUT2D eigenvalue weighted by Crippen LogP contribution is 2.25. The average molecular weight is 535 g/mol. The fourth-order valence-electron chi connectivity index (χ4n) is 3.82. The number of carbonyl (C=O) groups excluding carboxylic acids is 1. The summed E-state index contributed by atoms with van der Waals surface area (Å²) >= 11 is 12.1. The predicted molar refractivity (Wildman–Crippen MR) is 150 cm³/mol. The zero-order valence-electron chi connectivity index (χ0n) is 21.1. The Balaban J connectivity index is 1.65. The third-order valence-electron chi connectivity index (χ3n) is 5.98. The predicted octanol–water partition coefficient (Wildman–Crippen LogP) is 7.06. The van der Waals surface area contributed by atoms with Crippen molar-refractivity contribution >= 4 is 34.8 Å². The molecule has 0 spiro atoms. The second kappa shape index (κ2) is 10.8. The smallest absolute Gasteiger partial charge is 0.289 e. The highest BCUT2D eigenvalue weighted by molar-refractivity contribution is 6.31. The van der Waals surface area contributed by atoms with E-state index in [1.807, 2.05) is 12.1 Å². The first kappa shape index (κ1) is 26.5. The SMILES string of the molecule is C/C(=N\NC(=O)c1cc(-c2ccc(Cl)cc2)nn1Cc1ccc(C(C)(C)C)cc1)c1cc(Cl)ccc1O. The molecule has 1 amide bonds. The van der Waals surface area contributed by atoms with Crippen LogP contribution in [-0.2, 0) is 12.0 Å². The molecule has 0 atom stereocenters. The lowest BCUT2D eigenvalue weighted by molar-refractivity contribution is 0.0944. The van der Waals surface area contributed by atoms with Crippen LogP contribution < -0.4 is 5.43 Å². The number of rotatable bonds is 6. The molecule has 0 saturated heterocycles. The summed E-state index contributed by atoms with van der Waals surface area (Å²) in [5.74, 6) is -0.409. The fraction of sp³-hybridized carbons (Fsp3) is 0.207. The van der Waals surface area contributed by atoms with Crippen molar-refractivity contribution in [2.24, 2.45) is 5.10 Å². The Hall–Kier alpha value is -3.61. The van der Waals surface area contributed by atoms with Gasteiger partial charge in [0, 0.05) is 21.2 Å². The van der Waals surface area contributed by atoms with Gasteiger partial charge in [0.05, 0.1) is 18.0 Å². The van der Waals surface area contributed by atoms with Gasteiger partial charge in [0.1, 0.15) is 11.4 Å². The van der Waals surface area contributed by atoms with E-state index in [-0.39, 0.29) is 11.2 Å². The molecular formula is C29H28Cl2N4O2. The molecule has 0 fully saturated rings. The van der Waals surface area contributed by atoms with Crippen LogP contribution in [0.25, 0.3) is 11.3 Å². The van der Waals surface area contributed by atoms with Gasteiger partial charge in [-0.2, -0.15) is 10.2 Å². The summed E-state index contributed by atoms with van der Waals surface area (Å²) in [6.45, 7) is 8.59. The third-order valence-corrected chi connectivity index (χ3v) is 6.47. The maximum Gasteiger partial charge on any atom is 0.289 e. The van der Waals surface area contributed by atoms with Crippen molar-refractivity contribution < 1.29 is 9.90 Å². The number of hydrogen-bond donors (Lipinski definition) is 2. The summed E-state index contributed by atoms with van der Waals surface area (Å²) < 4.78 is 1.66. The van der Waals surface area contributed by atoms with Gasteiger partial charge in [0.2, 0.25) is 0 Å². The highest BCUT2D eigenvalue weighted by Gasteiger charge is 2.18. The standard InChI is InChI=1S/C29H28Cl2N4O2/c1-18(24-15-23(31)13-14-27(24)36)32-33-28(37)26-16-25(20-7-11-22(30)12-8-20)34-35(26)17-19-5-9-21(10-6-19)29(2,3)4/h5-16,36H,17H2,1-4H3,(H,33,37)/b32-18+. The van der Waals surface area contributed by atoms with E-state index in [1.54, 1.807) is 41.9 Å². The first-order valence-corrected chi connectivity index (χ1v) is 12.5. The number of hydrogen-bond acceptors (Lipinski definition) is 4. The molecule has 0 aliphatic heterocycles. The molecule has 0 aliphatic rings. The zero-order chi connectivity index (χ0) is 26.7. The van der Waals surface area contributed by atoms with Crippen molar-refractivity contribution in [3.63, 3.8) is 0 Å². The Morgan fingerprint density at radius 1 is 0.973 bits per heavy atom. The summed E-state index contributed by atoms with van der Waals surface area (Å²) in [5.41, 5.74) is 7.54. The molecule has 2 N–H and O–H groups in total. The molecule has 6 nitrogen and oxygen atoms in total. The Morgan fingerprint density at radius 3 is 2.27 bits per heavy atom. The van der Waals surface area contributed by atoms with Crippen LogP contribution in [0.3, 0.4) is 0 Å². The van der Waals surface area contributed by atoms with Gasteiger partial charge in [-0.05, 0) is 59.9 Å². The first-order valence-electron chi connectivity index (χ1n) is 11.8.